The molecule has 0 fully saturated rings. The van der Waals surface area contributed by atoms with E-state index in [1.165, 1.54) is 35.5 Å². The van der Waals surface area contributed by atoms with Crippen LogP contribution in [0.5, 0.6) is 5.75 Å². The first-order valence-corrected chi connectivity index (χ1v) is 7.31. The summed E-state index contributed by atoms with van der Waals surface area (Å²) in [5.41, 5.74) is 0. The molecule has 0 amide bonds. The van der Waals surface area contributed by atoms with Crippen molar-refractivity contribution < 1.29 is 5.11 Å². The van der Waals surface area contributed by atoms with Gasteiger partial charge < -0.3 is 0 Å². The SMILES string of the molecule is CCCCCC[Se]c1ccc(O)cc1. The summed E-state index contributed by atoms with van der Waals surface area (Å²) in [5, 5.41) is 10.4. The summed E-state index contributed by atoms with van der Waals surface area (Å²) in [7, 11) is 0. The molecule has 0 aliphatic rings. The normalized spacial score (nSPS) is 10.4. The van der Waals surface area contributed by atoms with Crippen molar-refractivity contribution in [1.29, 1.82) is 0 Å². The Morgan fingerprint density at radius 2 is 1.79 bits per heavy atom. The van der Waals surface area contributed by atoms with Gasteiger partial charge in [0, 0.05) is 0 Å². The van der Waals surface area contributed by atoms with Gasteiger partial charge in [0.15, 0.2) is 0 Å². The molecule has 14 heavy (non-hydrogen) atoms. The van der Waals surface area contributed by atoms with E-state index in [1.54, 1.807) is 12.1 Å². The average Bonchev–Trinajstić information content (AvgIpc) is 2.21. The van der Waals surface area contributed by atoms with Crippen molar-refractivity contribution in [3.05, 3.63) is 24.3 Å². The van der Waals surface area contributed by atoms with E-state index in [1.807, 2.05) is 12.1 Å². The summed E-state index contributed by atoms with van der Waals surface area (Å²) < 4.78 is 1.40. The van der Waals surface area contributed by atoms with Crippen LogP contribution in [-0.4, -0.2) is 20.1 Å². The fourth-order valence-corrected chi connectivity index (χ4v) is 3.18. The second-order valence-corrected chi connectivity index (χ2v) is 5.85. The quantitative estimate of drug-likeness (QED) is 0.613. The number of benzene rings is 1. The number of aromatic hydroxyl groups is 1. The van der Waals surface area contributed by atoms with Crippen molar-refractivity contribution in [1.82, 2.24) is 0 Å². The Hall–Kier alpha value is -0.461. The molecule has 0 bridgehead atoms. The molecule has 0 saturated heterocycles. The van der Waals surface area contributed by atoms with Crippen molar-refractivity contribution in [2.45, 2.75) is 37.9 Å². The summed E-state index contributed by atoms with van der Waals surface area (Å²) in [4.78, 5) is 0. The minimum absolute atomic E-state index is 0.371. The van der Waals surface area contributed by atoms with Gasteiger partial charge in [-0.1, -0.05) is 0 Å². The van der Waals surface area contributed by atoms with Gasteiger partial charge in [-0.3, -0.25) is 0 Å². The molecule has 0 aliphatic carbocycles. The summed E-state index contributed by atoms with van der Waals surface area (Å²) in [6.07, 6.45) is 5.41. The monoisotopic (exact) mass is 258 g/mol. The van der Waals surface area contributed by atoms with E-state index >= 15 is 0 Å². The summed E-state index contributed by atoms with van der Waals surface area (Å²) in [6, 6.07) is 7.64. The third kappa shape index (κ3) is 4.69. The van der Waals surface area contributed by atoms with Crippen LogP contribution in [0.25, 0.3) is 0 Å². The van der Waals surface area contributed by atoms with Gasteiger partial charge in [-0.2, -0.15) is 0 Å². The fourth-order valence-electron chi connectivity index (χ4n) is 1.26. The molecule has 2 heteroatoms. The molecule has 0 atom stereocenters. The molecule has 1 aromatic carbocycles. The van der Waals surface area contributed by atoms with Crippen molar-refractivity contribution in [3.8, 4) is 5.75 Å². The van der Waals surface area contributed by atoms with Crippen molar-refractivity contribution in [3.63, 3.8) is 0 Å². The number of phenols is 1. The van der Waals surface area contributed by atoms with Gasteiger partial charge in [0.2, 0.25) is 0 Å². The Balaban J connectivity index is 2.15. The predicted octanol–water partition coefficient (Wildman–Crippen LogP) is 2.72. The molecular weight excluding hydrogens is 239 g/mol. The van der Waals surface area contributed by atoms with Crippen LogP contribution in [0.4, 0.5) is 0 Å². The summed E-state index contributed by atoms with van der Waals surface area (Å²) in [6.45, 7) is 2.24. The van der Waals surface area contributed by atoms with Crippen LogP contribution in [0.1, 0.15) is 32.6 Å². The van der Waals surface area contributed by atoms with Gasteiger partial charge in [-0.05, 0) is 0 Å². The van der Waals surface area contributed by atoms with Crippen LogP contribution in [0.3, 0.4) is 0 Å². The van der Waals surface area contributed by atoms with E-state index in [0.717, 1.165) is 0 Å². The first-order chi connectivity index (χ1) is 6.83. The number of unbranched alkanes of at least 4 members (excludes halogenated alkanes) is 3. The Morgan fingerprint density at radius 1 is 1.07 bits per heavy atom. The average molecular weight is 257 g/mol. The van der Waals surface area contributed by atoms with Crippen LogP contribution in [-0.2, 0) is 0 Å². The van der Waals surface area contributed by atoms with Crippen molar-refractivity contribution >= 4 is 19.4 Å². The van der Waals surface area contributed by atoms with Crippen LogP contribution in [0.15, 0.2) is 24.3 Å². The van der Waals surface area contributed by atoms with E-state index in [9.17, 15) is 0 Å². The molecule has 0 saturated carbocycles. The van der Waals surface area contributed by atoms with Crippen molar-refractivity contribution in [2.75, 3.05) is 0 Å². The van der Waals surface area contributed by atoms with Crippen molar-refractivity contribution in [2.24, 2.45) is 0 Å². The third-order valence-electron chi connectivity index (χ3n) is 2.10. The van der Waals surface area contributed by atoms with Gasteiger partial charge in [0.1, 0.15) is 0 Å². The molecule has 0 aliphatic heterocycles. The van der Waals surface area contributed by atoms with Gasteiger partial charge >= 0.3 is 92.5 Å². The molecule has 0 spiro atoms. The molecule has 0 radical (unpaired) electrons. The fraction of sp³-hybridized carbons (Fsp3) is 0.500. The summed E-state index contributed by atoms with van der Waals surface area (Å²) >= 11 is 0.599. The zero-order valence-electron chi connectivity index (χ0n) is 8.70. The molecule has 1 rings (SSSR count). The van der Waals surface area contributed by atoms with Crippen LogP contribution in [0, 0.1) is 0 Å². The molecular formula is C12H18OSe. The predicted molar refractivity (Wildman–Crippen MR) is 62.4 cm³/mol. The minimum atomic E-state index is 0.371. The maximum atomic E-state index is 9.11. The third-order valence-corrected chi connectivity index (χ3v) is 4.41. The molecule has 1 aromatic rings. The number of phenolic OH excluding ortho intramolecular Hbond substituents is 1. The van der Waals surface area contributed by atoms with E-state index in [0.29, 0.717) is 20.7 Å². The van der Waals surface area contributed by atoms with E-state index in [4.69, 9.17) is 5.11 Å². The molecule has 0 aromatic heterocycles. The van der Waals surface area contributed by atoms with Crippen LogP contribution >= 0.6 is 0 Å². The zero-order chi connectivity index (χ0) is 10.2. The molecule has 78 valence electrons. The first-order valence-electron chi connectivity index (χ1n) is 5.24. The number of hydrogen-bond donors (Lipinski definition) is 1. The topological polar surface area (TPSA) is 20.2 Å². The Kier molecular flexibility index (Phi) is 5.74. The molecule has 1 nitrogen and oxygen atoms in total. The van der Waals surface area contributed by atoms with E-state index in [-0.39, 0.29) is 0 Å². The zero-order valence-corrected chi connectivity index (χ0v) is 10.4. The van der Waals surface area contributed by atoms with E-state index in [2.05, 4.69) is 6.92 Å². The Morgan fingerprint density at radius 3 is 2.43 bits per heavy atom. The van der Waals surface area contributed by atoms with Crippen LogP contribution < -0.4 is 4.46 Å². The summed E-state index contributed by atoms with van der Waals surface area (Å²) in [5.74, 6) is 0.371. The number of rotatable bonds is 6. The molecule has 1 N–H and O–H groups in total. The van der Waals surface area contributed by atoms with Gasteiger partial charge in [-0.25, -0.2) is 0 Å². The van der Waals surface area contributed by atoms with E-state index < -0.39 is 0 Å². The number of hydrogen-bond acceptors (Lipinski definition) is 1. The Labute approximate surface area is 92.7 Å². The molecule has 0 unspecified atom stereocenters. The second-order valence-electron chi connectivity index (χ2n) is 3.40. The first kappa shape index (κ1) is 11.6. The Bertz CT molecular complexity index is 243. The standard InChI is InChI=1S/C12H18OSe/c1-2-3-4-5-10-14-12-8-6-11(13)7-9-12/h6-9,13H,2-5,10H2,1H3. The molecule has 0 heterocycles. The van der Waals surface area contributed by atoms with Gasteiger partial charge in [0.05, 0.1) is 0 Å². The van der Waals surface area contributed by atoms with Crippen LogP contribution in [0.2, 0.25) is 5.32 Å². The van der Waals surface area contributed by atoms with Gasteiger partial charge in [-0.15, -0.1) is 0 Å². The second kappa shape index (κ2) is 6.91. The maximum absolute atomic E-state index is 9.11. The van der Waals surface area contributed by atoms with Gasteiger partial charge in [0.25, 0.3) is 0 Å².